The lowest BCUT2D eigenvalue weighted by atomic mass is 9.98. The molecule has 0 fully saturated rings. The second kappa shape index (κ2) is 11.7. The van der Waals surface area contributed by atoms with Crippen LogP contribution >= 0.6 is 0 Å². The number of aromatic nitrogens is 4. The molecule has 0 saturated heterocycles. The average Bonchev–Trinajstić information content (AvgIpc) is 3.17. The maximum Gasteiger partial charge on any atom is 0.0973 e. The second-order valence-corrected chi connectivity index (χ2v) is 11.9. The van der Waals surface area contributed by atoms with E-state index >= 15 is 0 Å². The molecule has 0 aliphatic heterocycles. The molecule has 0 unspecified atom stereocenters. The van der Waals surface area contributed by atoms with Crippen LogP contribution in [0.15, 0.2) is 170 Å². The van der Waals surface area contributed by atoms with Crippen LogP contribution < -0.4 is 0 Å². The molecule has 9 rings (SSSR count). The number of benzene rings is 6. The third-order valence-corrected chi connectivity index (χ3v) is 8.86. The van der Waals surface area contributed by atoms with Gasteiger partial charge in [-0.25, -0.2) is 19.9 Å². The standard InChI is InChI=1S/C44H28N4/c1-3-10-29(11-4-1)30-18-20-32(21-19-30)43-44(48-40-17-8-7-16-39(40)47-43)36-15-9-14-35(28-36)38-27-25-34-23-22-33-24-26-37(31-12-5-2-6-13-31)45-41(33)42(34)46-38/h1-28H. The van der Waals surface area contributed by atoms with Crippen LogP contribution in [0.25, 0.3) is 89.0 Å². The van der Waals surface area contributed by atoms with Crippen LogP contribution in [0.5, 0.6) is 0 Å². The van der Waals surface area contributed by atoms with Crippen molar-refractivity contribution in [1.82, 2.24) is 19.9 Å². The molecule has 3 aromatic heterocycles. The Morgan fingerprint density at radius 2 is 0.708 bits per heavy atom. The van der Waals surface area contributed by atoms with Gasteiger partial charge in [-0.3, -0.25) is 0 Å². The summed E-state index contributed by atoms with van der Waals surface area (Å²) in [6.45, 7) is 0. The van der Waals surface area contributed by atoms with Gasteiger partial charge in [0.05, 0.1) is 44.8 Å². The highest BCUT2D eigenvalue weighted by molar-refractivity contribution is 6.04. The molecule has 224 valence electrons. The number of pyridine rings is 2. The van der Waals surface area contributed by atoms with E-state index in [4.69, 9.17) is 19.9 Å². The molecule has 4 nitrogen and oxygen atoms in total. The largest absolute Gasteiger partial charge is 0.245 e. The number of hydrogen-bond donors (Lipinski definition) is 0. The molecule has 0 radical (unpaired) electrons. The molecule has 0 aliphatic carbocycles. The van der Waals surface area contributed by atoms with E-state index in [1.54, 1.807) is 0 Å². The van der Waals surface area contributed by atoms with E-state index in [0.29, 0.717) is 0 Å². The van der Waals surface area contributed by atoms with Gasteiger partial charge in [0, 0.05) is 33.0 Å². The molecule has 0 saturated carbocycles. The molecule has 0 amide bonds. The van der Waals surface area contributed by atoms with Crippen LogP contribution in [0.2, 0.25) is 0 Å². The summed E-state index contributed by atoms with van der Waals surface area (Å²) in [5, 5.41) is 2.12. The van der Waals surface area contributed by atoms with Crippen molar-refractivity contribution in [3.8, 4) is 56.2 Å². The van der Waals surface area contributed by atoms with Crippen molar-refractivity contribution in [2.45, 2.75) is 0 Å². The van der Waals surface area contributed by atoms with E-state index in [2.05, 4.69) is 121 Å². The first-order valence-corrected chi connectivity index (χ1v) is 16.1. The van der Waals surface area contributed by atoms with E-state index in [0.717, 1.165) is 83.4 Å². The molecule has 0 N–H and O–H groups in total. The molecular weight excluding hydrogens is 585 g/mol. The third kappa shape index (κ3) is 5.06. The molecule has 9 aromatic rings. The Bertz CT molecular complexity index is 2600. The molecule has 6 aromatic carbocycles. The smallest absolute Gasteiger partial charge is 0.0973 e. The zero-order valence-corrected chi connectivity index (χ0v) is 26.0. The van der Waals surface area contributed by atoms with E-state index in [-0.39, 0.29) is 0 Å². The number of hydrogen-bond acceptors (Lipinski definition) is 4. The number of nitrogens with zero attached hydrogens (tertiary/aromatic N) is 4. The summed E-state index contributed by atoms with van der Waals surface area (Å²) in [5.41, 5.74) is 13.4. The van der Waals surface area contributed by atoms with Gasteiger partial charge in [0.25, 0.3) is 0 Å². The Morgan fingerprint density at radius 3 is 1.33 bits per heavy atom. The van der Waals surface area contributed by atoms with Crippen molar-refractivity contribution in [1.29, 1.82) is 0 Å². The fourth-order valence-electron chi connectivity index (χ4n) is 6.38. The molecule has 0 spiro atoms. The topological polar surface area (TPSA) is 51.6 Å². The lowest BCUT2D eigenvalue weighted by Crippen LogP contribution is -1.96. The Morgan fingerprint density at radius 1 is 0.271 bits per heavy atom. The van der Waals surface area contributed by atoms with Crippen molar-refractivity contribution in [3.63, 3.8) is 0 Å². The minimum absolute atomic E-state index is 0.836. The Balaban J connectivity index is 1.16. The molecule has 0 aliphatic rings. The summed E-state index contributed by atoms with van der Waals surface area (Å²) in [5.74, 6) is 0. The highest BCUT2D eigenvalue weighted by Crippen LogP contribution is 2.35. The van der Waals surface area contributed by atoms with Crippen LogP contribution in [0.1, 0.15) is 0 Å². The first-order valence-electron chi connectivity index (χ1n) is 16.1. The van der Waals surface area contributed by atoms with Gasteiger partial charge in [-0.05, 0) is 41.5 Å². The predicted molar refractivity (Wildman–Crippen MR) is 197 cm³/mol. The predicted octanol–water partition coefficient (Wildman–Crippen LogP) is 11.1. The molecule has 48 heavy (non-hydrogen) atoms. The maximum absolute atomic E-state index is 5.21. The highest BCUT2D eigenvalue weighted by Gasteiger charge is 2.15. The van der Waals surface area contributed by atoms with Gasteiger partial charge >= 0.3 is 0 Å². The Kier molecular flexibility index (Phi) is 6.76. The summed E-state index contributed by atoms with van der Waals surface area (Å²) in [7, 11) is 0. The van der Waals surface area contributed by atoms with Crippen molar-refractivity contribution in [2.75, 3.05) is 0 Å². The highest BCUT2D eigenvalue weighted by atomic mass is 14.8. The van der Waals surface area contributed by atoms with E-state index in [1.165, 1.54) is 5.56 Å². The lowest BCUT2D eigenvalue weighted by Gasteiger charge is -2.13. The monoisotopic (exact) mass is 612 g/mol. The van der Waals surface area contributed by atoms with E-state index < -0.39 is 0 Å². The zero-order chi connectivity index (χ0) is 31.9. The van der Waals surface area contributed by atoms with Gasteiger partial charge in [0.2, 0.25) is 0 Å². The Labute approximate surface area is 278 Å². The van der Waals surface area contributed by atoms with E-state index in [9.17, 15) is 0 Å². The van der Waals surface area contributed by atoms with Crippen LogP contribution in [0, 0.1) is 0 Å². The molecular formula is C44H28N4. The fraction of sp³-hybridized carbons (Fsp3) is 0. The minimum Gasteiger partial charge on any atom is -0.245 e. The summed E-state index contributed by atoms with van der Waals surface area (Å²) in [6.07, 6.45) is 0. The maximum atomic E-state index is 5.21. The first kappa shape index (κ1) is 27.8. The normalized spacial score (nSPS) is 11.3. The van der Waals surface area contributed by atoms with Gasteiger partial charge in [0.15, 0.2) is 0 Å². The van der Waals surface area contributed by atoms with Gasteiger partial charge in [-0.1, -0.05) is 140 Å². The van der Waals surface area contributed by atoms with E-state index in [1.807, 2.05) is 48.5 Å². The van der Waals surface area contributed by atoms with Gasteiger partial charge < -0.3 is 0 Å². The zero-order valence-electron chi connectivity index (χ0n) is 26.0. The summed E-state index contributed by atoms with van der Waals surface area (Å²) >= 11 is 0. The number of para-hydroxylation sites is 2. The molecule has 4 heteroatoms. The van der Waals surface area contributed by atoms with Crippen LogP contribution in [-0.4, -0.2) is 19.9 Å². The van der Waals surface area contributed by atoms with Crippen molar-refractivity contribution in [3.05, 3.63) is 170 Å². The molecule has 0 atom stereocenters. The van der Waals surface area contributed by atoms with Crippen molar-refractivity contribution >= 4 is 32.8 Å². The van der Waals surface area contributed by atoms with Crippen molar-refractivity contribution in [2.24, 2.45) is 0 Å². The van der Waals surface area contributed by atoms with Crippen LogP contribution in [-0.2, 0) is 0 Å². The second-order valence-electron chi connectivity index (χ2n) is 11.9. The summed E-state index contributed by atoms with van der Waals surface area (Å²) in [4.78, 5) is 20.6. The van der Waals surface area contributed by atoms with Crippen molar-refractivity contribution < 1.29 is 0 Å². The first-order chi connectivity index (χ1) is 23.8. The summed E-state index contributed by atoms with van der Waals surface area (Å²) < 4.78 is 0. The average molecular weight is 613 g/mol. The minimum atomic E-state index is 0.836. The number of rotatable bonds is 5. The Hall–Kier alpha value is -6.52. The molecule has 0 bridgehead atoms. The number of fused-ring (bicyclic) bond motifs is 4. The fourth-order valence-corrected chi connectivity index (χ4v) is 6.38. The molecule has 3 heterocycles. The lowest BCUT2D eigenvalue weighted by molar-refractivity contribution is 1.29. The summed E-state index contributed by atoms with van der Waals surface area (Å²) in [6, 6.07) is 58.5. The quantitative estimate of drug-likeness (QED) is 0.181. The van der Waals surface area contributed by atoms with Gasteiger partial charge in [-0.15, -0.1) is 0 Å². The van der Waals surface area contributed by atoms with Crippen LogP contribution in [0.3, 0.4) is 0 Å². The third-order valence-electron chi connectivity index (χ3n) is 8.86. The van der Waals surface area contributed by atoms with Gasteiger partial charge in [-0.2, -0.15) is 0 Å². The van der Waals surface area contributed by atoms with Gasteiger partial charge in [0.1, 0.15) is 0 Å². The van der Waals surface area contributed by atoms with Crippen LogP contribution in [0.4, 0.5) is 0 Å². The SMILES string of the molecule is c1ccc(-c2ccc(-c3nc4ccccc4nc3-c3cccc(-c4ccc5ccc6ccc(-c7ccccc7)nc6c5n4)c3)cc2)cc1.